The molecule has 1 aromatic carbocycles. The summed E-state index contributed by atoms with van der Waals surface area (Å²) in [5.74, 6) is 8.12. The summed E-state index contributed by atoms with van der Waals surface area (Å²) in [5.41, 5.74) is 0.811. The van der Waals surface area contributed by atoms with E-state index >= 15 is 0 Å². The molecule has 0 N–H and O–H groups in total. The van der Waals surface area contributed by atoms with E-state index < -0.39 is 0 Å². The van der Waals surface area contributed by atoms with Gasteiger partial charge < -0.3 is 9.47 Å². The predicted molar refractivity (Wildman–Crippen MR) is 70.9 cm³/mol. The number of methoxy groups -OCH3 is 1. The van der Waals surface area contributed by atoms with Crippen molar-refractivity contribution in [2.24, 2.45) is 5.92 Å². The van der Waals surface area contributed by atoms with Gasteiger partial charge in [0.15, 0.2) is 0 Å². The minimum atomic E-state index is 0.306. The average molecular weight is 253 g/mol. The molecule has 0 unspecified atom stereocenters. The summed E-state index contributed by atoms with van der Waals surface area (Å²) in [6, 6.07) is 5.59. The van der Waals surface area contributed by atoms with Crippen LogP contribution in [0.3, 0.4) is 0 Å². The van der Waals surface area contributed by atoms with E-state index in [1.165, 1.54) is 0 Å². The molecule has 0 spiro atoms. The molecule has 2 nitrogen and oxygen atoms in total. The number of hydrogen-bond acceptors (Lipinski definition) is 2. The maximum Gasteiger partial charge on any atom is 0.135 e. The lowest BCUT2D eigenvalue weighted by Crippen LogP contribution is -2.05. The minimum Gasteiger partial charge on any atom is -0.497 e. The third kappa shape index (κ3) is 4.58. The van der Waals surface area contributed by atoms with Gasteiger partial charge in [-0.1, -0.05) is 25.7 Å². The number of rotatable bonds is 4. The number of benzene rings is 1. The molecule has 0 aromatic heterocycles. The molecule has 0 saturated carbocycles. The van der Waals surface area contributed by atoms with Crippen molar-refractivity contribution in [1.82, 2.24) is 0 Å². The van der Waals surface area contributed by atoms with Crippen LogP contribution in [0.5, 0.6) is 11.5 Å². The Morgan fingerprint density at radius 3 is 2.71 bits per heavy atom. The van der Waals surface area contributed by atoms with E-state index in [-0.39, 0.29) is 0 Å². The molecule has 0 atom stereocenters. The lowest BCUT2D eigenvalue weighted by molar-refractivity contribution is 0.270. The molecule has 0 aliphatic rings. The fraction of sp³-hybridized carbons (Fsp3) is 0.429. The van der Waals surface area contributed by atoms with E-state index in [1.807, 2.05) is 18.2 Å². The summed E-state index contributed by atoms with van der Waals surface area (Å²) in [4.78, 5) is 0. The van der Waals surface area contributed by atoms with Gasteiger partial charge in [-0.2, -0.15) is 0 Å². The summed E-state index contributed by atoms with van der Waals surface area (Å²) >= 11 is 5.56. The molecule has 0 fully saturated rings. The van der Waals surface area contributed by atoms with Gasteiger partial charge in [0.2, 0.25) is 0 Å². The topological polar surface area (TPSA) is 18.5 Å². The van der Waals surface area contributed by atoms with Crippen molar-refractivity contribution < 1.29 is 9.47 Å². The predicted octanol–water partition coefficient (Wildman–Crippen LogP) is 3.32. The Labute approximate surface area is 108 Å². The Balaban J connectivity index is 2.93. The van der Waals surface area contributed by atoms with Gasteiger partial charge >= 0.3 is 0 Å². The van der Waals surface area contributed by atoms with Gasteiger partial charge in [-0.25, -0.2) is 0 Å². The fourth-order valence-electron chi connectivity index (χ4n) is 1.24. The number of ether oxygens (including phenoxy) is 2. The molecule has 0 aliphatic carbocycles. The molecule has 0 amide bonds. The quantitative estimate of drug-likeness (QED) is 0.605. The summed E-state index contributed by atoms with van der Waals surface area (Å²) in [6.07, 6.45) is 0. The summed E-state index contributed by atoms with van der Waals surface area (Å²) in [5, 5.41) is 0. The molecule has 92 valence electrons. The molecule has 3 heteroatoms. The second kappa shape index (κ2) is 7.09. The van der Waals surface area contributed by atoms with Crippen LogP contribution in [0.15, 0.2) is 18.2 Å². The lowest BCUT2D eigenvalue weighted by Gasteiger charge is -2.11. The van der Waals surface area contributed by atoms with Crippen LogP contribution >= 0.6 is 11.6 Å². The van der Waals surface area contributed by atoms with Crippen molar-refractivity contribution in [1.29, 1.82) is 0 Å². The summed E-state index contributed by atoms with van der Waals surface area (Å²) < 4.78 is 10.9. The standard InChI is InChI=1S/C14H17ClO2/c1-11(2)10-17-14-7-6-13(16-3)9-12(14)5-4-8-15/h6-7,9,11H,8,10H2,1-3H3. The summed E-state index contributed by atoms with van der Waals surface area (Å²) in [6.45, 7) is 4.88. The maximum atomic E-state index is 5.69. The van der Waals surface area contributed by atoms with Crippen LogP contribution in [0.1, 0.15) is 19.4 Å². The monoisotopic (exact) mass is 252 g/mol. The third-order valence-corrected chi connectivity index (χ3v) is 2.18. The minimum absolute atomic E-state index is 0.306. The van der Waals surface area contributed by atoms with Crippen molar-refractivity contribution in [3.8, 4) is 23.3 Å². The van der Waals surface area contributed by atoms with Gasteiger partial charge in [-0.3, -0.25) is 0 Å². The molecular weight excluding hydrogens is 236 g/mol. The van der Waals surface area contributed by atoms with Gasteiger partial charge in [0.1, 0.15) is 11.5 Å². The van der Waals surface area contributed by atoms with E-state index in [0.29, 0.717) is 18.4 Å². The molecule has 0 bridgehead atoms. The number of hydrogen-bond donors (Lipinski definition) is 0. The van der Waals surface area contributed by atoms with Gasteiger partial charge in [-0.15, -0.1) is 11.6 Å². The highest BCUT2D eigenvalue weighted by Gasteiger charge is 2.04. The van der Waals surface area contributed by atoms with E-state index in [9.17, 15) is 0 Å². The highest BCUT2D eigenvalue weighted by molar-refractivity contribution is 6.19. The second-order valence-corrected chi connectivity index (χ2v) is 4.27. The zero-order valence-electron chi connectivity index (χ0n) is 10.4. The Kier molecular flexibility index (Phi) is 5.72. The van der Waals surface area contributed by atoms with Crippen molar-refractivity contribution in [3.05, 3.63) is 23.8 Å². The van der Waals surface area contributed by atoms with E-state index in [0.717, 1.165) is 17.1 Å². The van der Waals surface area contributed by atoms with Crippen LogP contribution in [0.25, 0.3) is 0 Å². The largest absolute Gasteiger partial charge is 0.497 e. The Bertz CT molecular complexity index is 416. The van der Waals surface area contributed by atoms with Crippen LogP contribution in [0, 0.1) is 17.8 Å². The molecule has 1 rings (SSSR count). The first-order valence-corrected chi connectivity index (χ1v) is 6.06. The molecular formula is C14H17ClO2. The Hall–Kier alpha value is -1.33. The van der Waals surface area contributed by atoms with Crippen LogP contribution in [0.4, 0.5) is 0 Å². The summed E-state index contributed by atoms with van der Waals surface area (Å²) in [7, 11) is 1.63. The zero-order valence-corrected chi connectivity index (χ0v) is 11.2. The van der Waals surface area contributed by atoms with Crippen LogP contribution < -0.4 is 9.47 Å². The second-order valence-electron chi connectivity index (χ2n) is 4.00. The first kappa shape index (κ1) is 13.7. The van der Waals surface area contributed by atoms with E-state index in [4.69, 9.17) is 21.1 Å². The Morgan fingerprint density at radius 1 is 1.35 bits per heavy atom. The fourth-order valence-corrected chi connectivity index (χ4v) is 1.31. The van der Waals surface area contributed by atoms with Crippen molar-refractivity contribution >= 4 is 11.6 Å². The SMILES string of the molecule is COc1ccc(OCC(C)C)c(C#CCCl)c1. The van der Waals surface area contributed by atoms with E-state index in [1.54, 1.807) is 7.11 Å². The van der Waals surface area contributed by atoms with Crippen LogP contribution in [-0.2, 0) is 0 Å². The number of alkyl halides is 1. The molecule has 1 aromatic rings. The molecule has 17 heavy (non-hydrogen) atoms. The first-order valence-electron chi connectivity index (χ1n) is 5.53. The molecule has 0 radical (unpaired) electrons. The third-order valence-electron chi connectivity index (χ3n) is 2.05. The van der Waals surface area contributed by atoms with Gasteiger partial charge in [0, 0.05) is 0 Å². The van der Waals surface area contributed by atoms with Gasteiger partial charge in [0.25, 0.3) is 0 Å². The Morgan fingerprint density at radius 2 is 2.12 bits per heavy atom. The zero-order chi connectivity index (χ0) is 12.7. The smallest absolute Gasteiger partial charge is 0.135 e. The first-order chi connectivity index (χ1) is 8.17. The molecule has 0 heterocycles. The van der Waals surface area contributed by atoms with Gasteiger partial charge in [-0.05, 0) is 24.1 Å². The lowest BCUT2D eigenvalue weighted by atomic mass is 10.2. The normalized spacial score (nSPS) is 9.71. The average Bonchev–Trinajstić information content (AvgIpc) is 2.34. The molecule has 0 saturated heterocycles. The van der Waals surface area contributed by atoms with Crippen molar-refractivity contribution in [3.63, 3.8) is 0 Å². The van der Waals surface area contributed by atoms with E-state index in [2.05, 4.69) is 25.7 Å². The highest BCUT2D eigenvalue weighted by atomic mass is 35.5. The highest BCUT2D eigenvalue weighted by Crippen LogP contribution is 2.23. The van der Waals surface area contributed by atoms with Crippen LogP contribution in [-0.4, -0.2) is 19.6 Å². The van der Waals surface area contributed by atoms with Crippen molar-refractivity contribution in [2.75, 3.05) is 19.6 Å². The number of halogens is 1. The van der Waals surface area contributed by atoms with Crippen molar-refractivity contribution in [2.45, 2.75) is 13.8 Å². The molecule has 0 aliphatic heterocycles. The maximum absolute atomic E-state index is 5.69. The van der Waals surface area contributed by atoms with Gasteiger partial charge in [0.05, 0.1) is 25.2 Å². The van der Waals surface area contributed by atoms with Crippen LogP contribution in [0.2, 0.25) is 0 Å².